The molecular weight excluding hydrogens is 1310 g/mol. The molecule has 0 amide bonds. The first-order valence-electron chi connectivity index (χ1n) is 22.4. The Morgan fingerprint density at radius 2 is 0.716 bits per heavy atom. The van der Waals surface area contributed by atoms with Gasteiger partial charge >= 0.3 is 0 Å². The van der Waals surface area contributed by atoms with E-state index in [0.29, 0.717) is 53.0 Å². The number of para-hydroxylation sites is 5. The fourth-order valence-corrected chi connectivity index (χ4v) is 4.95. The number of hydrogen-bond acceptors (Lipinski definition) is 16. The van der Waals surface area contributed by atoms with Crippen molar-refractivity contribution in [2.75, 3.05) is 78.9 Å². The summed E-state index contributed by atoms with van der Waals surface area (Å²) in [5.74, 6) is -0.222. The smallest absolute Gasteiger partial charge is 0.187 e. The van der Waals surface area contributed by atoms with Crippen molar-refractivity contribution in [2.45, 2.75) is 0 Å². The summed E-state index contributed by atoms with van der Waals surface area (Å²) in [6.45, 7) is 1.58. The van der Waals surface area contributed by atoms with Crippen molar-refractivity contribution < 1.29 is 167 Å². The molecule has 0 bridgehead atoms. The third-order valence-electron chi connectivity index (χ3n) is 8.41. The van der Waals surface area contributed by atoms with Gasteiger partial charge in [0.05, 0.1) is 6.61 Å². The second kappa shape index (κ2) is 64.5. The number of ketones is 1. The number of carbonyl (C=O) groups excluding carboxylic acids is 1. The van der Waals surface area contributed by atoms with Crippen LogP contribution in [0.4, 0.5) is 0 Å². The van der Waals surface area contributed by atoms with E-state index in [1.54, 1.807) is 128 Å². The van der Waals surface area contributed by atoms with E-state index in [0.717, 1.165) is 0 Å². The molecule has 81 heavy (non-hydrogen) atoms. The zero-order valence-electron chi connectivity index (χ0n) is 43.3. The largest absolute Gasteiger partial charge is 2.00 e. The van der Waals surface area contributed by atoms with Gasteiger partial charge in [0.25, 0.3) is 0 Å². The Morgan fingerprint density at radius 3 is 0.975 bits per heavy atom. The van der Waals surface area contributed by atoms with Crippen molar-refractivity contribution in [1.82, 2.24) is 5.32 Å². The molecule has 450 valence electrons. The molecule has 0 spiro atoms. The number of aliphatic hydroxyl groups is 3. The Balaban J connectivity index is -0.000000107. The van der Waals surface area contributed by atoms with Gasteiger partial charge in [0.1, 0.15) is 13.2 Å². The number of carbonyl (C=O) groups is 1. The topological polar surface area (TPSA) is 510 Å². The van der Waals surface area contributed by atoms with Gasteiger partial charge in [-0.15, -0.1) is 37.1 Å². The van der Waals surface area contributed by atoms with Gasteiger partial charge in [0.2, 0.25) is 0 Å². The summed E-state index contributed by atoms with van der Waals surface area (Å²) in [4.78, 5) is 28.1. The normalized spacial score (nSPS) is 10.7. The van der Waals surface area contributed by atoms with Gasteiger partial charge in [0.15, 0.2) is 31.3 Å². The minimum absolute atomic E-state index is 0. The van der Waals surface area contributed by atoms with Crippen molar-refractivity contribution >= 4 is 36.9 Å². The van der Waals surface area contributed by atoms with Crippen LogP contribution in [0.5, 0.6) is 28.7 Å². The number of benzene rings is 5. The van der Waals surface area contributed by atoms with Crippen LogP contribution in [0.25, 0.3) is 0 Å². The summed E-state index contributed by atoms with van der Waals surface area (Å²) < 4.78 is 0. The van der Waals surface area contributed by atoms with Crippen molar-refractivity contribution in [3.8, 4) is 28.7 Å². The maximum Gasteiger partial charge on any atom is 0.187 e. The van der Waals surface area contributed by atoms with Crippen molar-refractivity contribution in [2.24, 2.45) is 15.0 Å². The van der Waals surface area contributed by atoms with Crippen LogP contribution in [-0.4, -0.2) is 131 Å². The van der Waals surface area contributed by atoms with Crippen molar-refractivity contribution in [3.05, 3.63) is 185 Å². The van der Waals surface area contributed by atoms with Gasteiger partial charge in [-0.05, 0) is 41.0 Å². The number of hydrogen-bond donors (Lipinski definition) is 6. The van der Waals surface area contributed by atoms with Crippen LogP contribution in [0.3, 0.4) is 0 Å². The molecule has 0 atom stereocenters. The van der Waals surface area contributed by atoms with E-state index >= 15 is 0 Å². The van der Waals surface area contributed by atoms with E-state index in [2.05, 4.69) is 30.3 Å². The molecule has 0 saturated heterocycles. The first kappa shape index (κ1) is 94.0. The fourth-order valence-electron chi connectivity index (χ4n) is 4.95. The number of allylic oxidation sites excluding steroid dienone is 5. The van der Waals surface area contributed by atoms with Gasteiger partial charge in [0, 0.05) is 131 Å². The van der Waals surface area contributed by atoms with Gasteiger partial charge in [-0.3, -0.25) is 19.8 Å². The second-order valence-electron chi connectivity index (χ2n) is 13.9. The van der Waals surface area contributed by atoms with Crippen LogP contribution >= 0.6 is 0 Å². The molecule has 27 heteroatoms. The van der Waals surface area contributed by atoms with E-state index in [1.807, 2.05) is 0 Å². The average molecular weight is 1370 g/mol. The van der Waals surface area contributed by atoms with E-state index < -0.39 is 0 Å². The Morgan fingerprint density at radius 1 is 0.432 bits per heavy atom. The number of aliphatic imine (C=N–C) groups is 3. The molecule has 0 heterocycles. The van der Waals surface area contributed by atoms with Crippen LogP contribution in [0.1, 0.15) is 27.8 Å². The zero-order valence-corrected chi connectivity index (χ0v) is 49.4. The summed E-state index contributed by atoms with van der Waals surface area (Å²) in [7, 11) is 0. The average Bonchev–Trinajstić information content (AvgIpc) is 3.39. The Kier molecular flexibility index (Phi) is 74.9. The summed E-state index contributed by atoms with van der Waals surface area (Å²) in [5.41, 5.74) is 3.45. The maximum absolute atomic E-state index is 11.1. The molecule has 24 nitrogen and oxygen atoms in total. The number of rotatable bonds is 18. The molecule has 0 radical (unpaired) electrons. The summed E-state index contributed by atoms with van der Waals surface area (Å²) in [5, 5.41) is 114. The van der Waals surface area contributed by atoms with E-state index in [9.17, 15) is 45.6 Å². The first-order chi connectivity index (χ1) is 35.1. The third-order valence-corrected chi connectivity index (χ3v) is 8.41. The standard InChI is InChI=1S/3C9H11NO2.3C9H10NO2.3Mo.6O/c6*11-6-5-10-7-8-3-1-2-4-9(8)12;;;;;;;;;/h2*1-4,7,11-12H,5-6H2;1-4,7,10-11H,5-6H2;3*1-4,7,12H,5-6H2;;;;;;;;;/q;;;3*-1;;;;6*-2/p-3/b;;8-7-;;;;;;;;;;;;. The molecule has 5 aromatic carbocycles. The quantitative estimate of drug-likeness (QED) is 0.0207. The molecule has 0 fully saturated rings. The minimum atomic E-state index is -0.239. The molecule has 6 rings (SSSR count). The molecule has 1 aliphatic carbocycles. The van der Waals surface area contributed by atoms with Crippen molar-refractivity contribution in [3.63, 3.8) is 0 Å². The molecule has 0 unspecified atom stereocenters. The Labute approximate surface area is 513 Å². The Hall–Kier alpha value is -6.28. The SMILES string of the molecule is O=C1C=CC=C/C1=C/NCCO.[Mo].[Mo].[Mo].[O-2].[O-2].[O-2].[O-2].[O-2].[O-2].[O-]CCN=Cc1ccccc1[O-].[O-]CCN=Cc1ccccc1[O-].[O-]CCN=Cc1ccccc1[O-].[O-]c1ccccc1C=[NH+]CCO.[O-]c1ccccc1C=[NH+]CCO. The monoisotopic (exact) mass is 1370 g/mol. The van der Waals surface area contributed by atoms with E-state index in [-0.39, 0.29) is 190 Å². The predicted octanol–water partition coefficient (Wildman–Crippen LogP) is -5.45. The fraction of sp³-hybridized carbons (Fsp3) is 0.222. The van der Waals surface area contributed by atoms with E-state index in [4.69, 9.17) is 15.3 Å². The van der Waals surface area contributed by atoms with Gasteiger partial charge in [-0.25, -0.2) is 9.98 Å². The minimum Gasteiger partial charge on any atom is -2.00 e. The molecule has 0 saturated carbocycles. The molecule has 6 N–H and O–H groups in total. The zero-order chi connectivity index (χ0) is 52.9. The van der Waals surface area contributed by atoms with Gasteiger partial charge < -0.3 is 94.3 Å². The third kappa shape index (κ3) is 47.1. The van der Waals surface area contributed by atoms with Crippen LogP contribution in [0.2, 0.25) is 0 Å². The van der Waals surface area contributed by atoms with Crippen LogP contribution in [0, 0.1) is 0 Å². The summed E-state index contributed by atoms with van der Waals surface area (Å²) in [6, 6.07) is 33.2. The maximum atomic E-state index is 11.1. The first-order valence-corrected chi connectivity index (χ1v) is 22.4. The Bertz CT molecular complexity index is 2190. The molecule has 0 aliphatic heterocycles. The van der Waals surface area contributed by atoms with Crippen molar-refractivity contribution in [1.29, 1.82) is 0 Å². The molecule has 0 aromatic heterocycles. The number of aliphatic hydroxyl groups excluding tert-OH is 3. The molecule has 5 aromatic rings. The second-order valence-corrected chi connectivity index (χ2v) is 13.9. The number of nitrogens with one attached hydrogen (secondary N) is 3. The van der Waals surface area contributed by atoms with Crippen LogP contribution in [0.15, 0.2) is 172 Å². The predicted molar refractivity (Wildman–Crippen MR) is 268 cm³/mol. The van der Waals surface area contributed by atoms with Crippen LogP contribution in [-0.2, 0) is 101 Å². The van der Waals surface area contributed by atoms with E-state index in [1.165, 1.54) is 55.1 Å². The molecule has 1 aliphatic rings. The van der Waals surface area contributed by atoms with Gasteiger partial charge in [-0.2, -0.15) is 0 Å². The summed E-state index contributed by atoms with van der Waals surface area (Å²) in [6.07, 6.45) is 15.9. The molecular formula is C54H60Mo3N6O18-18. The van der Waals surface area contributed by atoms with Crippen LogP contribution < -0.4 is 56.2 Å². The summed E-state index contributed by atoms with van der Waals surface area (Å²) >= 11 is 0. The number of nitrogens with zero attached hydrogens (tertiary/aromatic N) is 3. The van der Waals surface area contributed by atoms with Gasteiger partial charge in [-0.1, -0.05) is 133 Å².